The fourth-order valence-electron chi connectivity index (χ4n) is 3.47. The van der Waals surface area contributed by atoms with E-state index >= 15 is 0 Å². The standard InChI is InChI=1S/C16H19NO4/c18-15(19)12-8-13-6-7-14(9-12)17(13)16(20)21-10-11-4-2-1-3-5-11/h1-5,12-14H,6-10H2,(H,18,19). The third-order valence-electron chi connectivity index (χ3n) is 4.50. The highest BCUT2D eigenvalue weighted by Gasteiger charge is 2.45. The summed E-state index contributed by atoms with van der Waals surface area (Å²) in [7, 11) is 0. The molecule has 2 bridgehead atoms. The highest BCUT2D eigenvalue weighted by atomic mass is 16.6. The van der Waals surface area contributed by atoms with Crippen LogP contribution in [0.5, 0.6) is 0 Å². The fourth-order valence-corrected chi connectivity index (χ4v) is 3.47. The molecule has 1 aromatic carbocycles. The lowest BCUT2D eigenvalue weighted by Crippen LogP contribution is -2.48. The normalized spacial score (nSPS) is 27.4. The zero-order chi connectivity index (χ0) is 14.8. The van der Waals surface area contributed by atoms with Gasteiger partial charge >= 0.3 is 12.1 Å². The number of ether oxygens (including phenoxy) is 1. The van der Waals surface area contributed by atoms with Gasteiger partial charge in [-0.1, -0.05) is 30.3 Å². The molecule has 0 aromatic heterocycles. The molecule has 2 aliphatic heterocycles. The van der Waals surface area contributed by atoms with Crippen molar-refractivity contribution in [2.24, 2.45) is 5.92 Å². The maximum Gasteiger partial charge on any atom is 0.410 e. The Balaban J connectivity index is 1.60. The molecule has 21 heavy (non-hydrogen) atoms. The second-order valence-electron chi connectivity index (χ2n) is 5.84. The van der Waals surface area contributed by atoms with E-state index in [9.17, 15) is 9.59 Å². The summed E-state index contributed by atoms with van der Waals surface area (Å²) in [5.74, 6) is -1.06. The van der Waals surface area contributed by atoms with Crippen molar-refractivity contribution >= 4 is 12.1 Å². The van der Waals surface area contributed by atoms with Crippen LogP contribution in [0, 0.1) is 5.92 Å². The van der Waals surface area contributed by atoms with Crippen molar-refractivity contribution in [3.63, 3.8) is 0 Å². The first-order valence-electron chi connectivity index (χ1n) is 7.37. The smallest absolute Gasteiger partial charge is 0.410 e. The van der Waals surface area contributed by atoms with Crippen LogP contribution in [-0.2, 0) is 16.1 Å². The minimum Gasteiger partial charge on any atom is -0.481 e. The topological polar surface area (TPSA) is 66.8 Å². The monoisotopic (exact) mass is 289 g/mol. The number of carboxylic acids is 1. The number of benzene rings is 1. The molecule has 5 nitrogen and oxygen atoms in total. The molecule has 5 heteroatoms. The van der Waals surface area contributed by atoms with Gasteiger partial charge in [0, 0.05) is 12.1 Å². The quantitative estimate of drug-likeness (QED) is 0.929. The molecule has 0 aliphatic carbocycles. The molecule has 0 spiro atoms. The summed E-state index contributed by atoms with van der Waals surface area (Å²) in [5.41, 5.74) is 0.957. The number of piperidine rings is 1. The average molecular weight is 289 g/mol. The van der Waals surface area contributed by atoms with E-state index in [1.807, 2.05) is 30.3 Å². The van der Waals surface area contributed by atoms with Gasteiger partial charge < -0.3 is 14.7 Å². The van der Waals surface area contributed by atoms with E-state index in [1.54, 1.807) is 4.90 Å². The summed E-state index contributed by atoms with van der Waals surface area (Å²) < 4.78 is 5.38. The van der Waals surface area contributed by atoms with Crippen LogP contribution >= 0.6 is 0 Å². The molecule has 1 aromatic rings. The van der Waals surface area contributed by atoms with Crippen molar-refractivity contribution in [3.05, 3.63) is 35.9 Å². The van der Waals surface area contributed by atoms with Gasteiger partial charge in [-0.05, 0) is 31.2 Å². The number of amides is 1. The Morgan fingerprint density at radius 3 is 2.33 bits per heavy atom. The maximum atomic E-state index is 12.3. The van der Waals surface area contributed by atoms with Gasteiger partial charge in [-0.15, -0.1) is 0 Å². The summed E-state index contributed by atoms with van der Waals surface area (Å²) >= 11 is 0. The van der Waals surface area contributed by atoms with Crippen molar-refractivity contribution in [1.29, 1.82) is 0 Å². The molecule has 2 atom stereocenters. The molecule has 2 heterocycles. The van der Waals surface area contributed by atoms with Crippen LogP contribution in [0.2, 0.25) is 0 Å². The Bertz CT molecular complexity index is 516. The minimum absolute atomic E-state index is 0.0214. The molecule has 2 aliphatic rings. The van der Waals surface area contributed by atoms with Crippen molar-refractivity contribution in [2.45, 2.75) is 44.4 Å². The minimum atomic E-state index is -0.746. The van der Waals surface area contributed by atoms with E-state index in [0.29, 0.717) is 12.8 Å². The molecule has 0 radical (unpaired) electrons. The molecular formula is C16H19NO4. The summed E-state index contributed by atoms with van der Waals surface area (Å²) in [6.45, 7) is 0.262. The third-order valence-corrected chi connectivity index (χ3v) is 4.50. The highest BCUT2D eigenvalue weighted by Crippen LogP contribution is 2.39. The first kappa shape index (κ1) is 13.9. The lowest BCUT2D eigenvalue weighted by molar-refractivity contribution is -0.144. The molecule has 2 unspecified atom stereocenters. The lowest BCUT2D eigenvalue weighted by atomic mass is 9.91. The predicted octanol–water partition coefficient (Wildman–Crippen LogP) is 2.65. The number of aliphatic carboxylic acids is 1. The number of fused-ring (bicyclic) bond motifs is 2. The van der Waals surface area contributed by atoms with Gasteiger partial charge in [0.1, 0.15) is 6.61 Å². The number of hydrogen-bond acceptors (Lipinski definition) is 3. The highest BCUT2D eigenvalue weighted by molar-refractivity contribution is 5.73. The first-order chi connectivity index (χ1) is 10.1. The molecule has 3 rings (SSSR count). The fraction of sp³-hybridized carbons (Fsp3) is 0.500. The number of nitrogens with zero attached hydrogens (tertiary/aromatic N) is 1. The van der Waals surface area contributed by atoms with Gasteiger partial charge in [-0.3, -0.25) is 4.79 Å². The zero-order valence-corrected chi connectivity index (χ0v) is 11.8. The largest absolute Gasteiger partial charge is 0.481 e. The van der Waals surface area contributed by atoms with Gasteiger partial charge in [0.2, 0.25) is 0 Å². The maximum absolute atomic E-state index is 12.3. The summed E-state index contributed by atoms with van der Waals surface area (Å²) in [6, 6.07) is 9.61. The van der Waals surface area contributed by atoms with Crippen LogP contribution in [0.3, 0.4) is 0 Å². The molecule has 0 saturated carbocycles. The molecular weight excluding hydrogens is 270 g/mol. The Morgan fingerprint density at radius 1 is 1.14 bits per heavy atom. The van der Waals surface area contributed by atoms with Gasteiger partial charge in [0.15, 0.2) is 0 Å². The van der Waals surface area contributed by atoms with Crippen molar-refractivity contribution in [1.82, 2.24) is 4.90 Å². The van der Waals surface area contributed by atoms with E-state index < -0.39 is 5.97 Å². The van der Waals surface area contributed by atoms with Gasteiger partial charge in [0.25, 0.3) is 0 Å². The number of carbonyl (C=O) groups is 2. The first-order valence-corrected chi connectivity index (χ1v) is 7.37. The molecule has 2 saturated heterocycles. The number of carbonyl (C=O) groups excluding carboxylic acids is 1. The Hall–Kier alpha value is -2.04. The van der Waals surface area contributed by atoms with Crippen LogP contribution in [-0.4, -0.2) is 34.2 Å². The number of hydrogen-bond donors (Lipinski definition) is 1. The van der Waals surface area contributed by atoms with Crippen LogP contribution in [0.4, 0.5) is 4.79 Å². The lowest BCUT2D eigenvalue weighted by Gasteiger charge is -2.36. The molecule has 1 amide bonds. The van der Waals surface area contributed by atoms with E-state index in [4.69, 9.17) is 9.84 Å². The Labute approximate surface area is 123 Å². The van der Waals surface area contributed by atoms with Gasteiger partial charge in [0.05, 0.1) is 5.92 Å². The van der Waals surface area contributed by atoms with Crippen LogP contribution in [0.25, 0.3) is 0 Å². The van der Waals surface area contributed by atoms with Gasteiger partial charge in [-0.25, -0.2) is 4.79 Å². The number of carboxylic acid groups (broad SMARTS) is 1. The molecule has 112 valence electrons. The number of rotatable bonds is 3. The van der Waals surface area contributed by atoms with Crippen molar-refractivity contribution in [2.75, 3.05) is 0 Å². The van der Waals surface area contributed by atoms with Crippen LogP contribution in [0.1, 0.15) is 31.2 Å². The summed E-state index contributed by atoms with van der Waals surface area (Å²) in [6.07, 6.45) is 2.55. The average Bonchev–Trinajstić information content (AvgIpc) is 2.75. The zero-order valence-electron chi connectivity index (χ0n) is 11.8. The summed E-state index contributed by atoms with van der Waals surface area (Å²) in [4.78, 5) is 25.2. The van der Waals surface area contributed by atoms with E-state index in [2.05, 4.69) is 0 Å². The molecule has 1 N–H and O–H groups in total. The second kappa shape index (κ2) is 5.76. The van der Waals surface area contributed by atoms with Crippen LogP contribution in [0.15, 0.2) is 30.3 Å². The SMILES string of the molecule is O=C(O)C1CC2CCC(C1)N2C(=O)OCc1ccccc1. The van der Waals surface area contributed by atoms with Crippen molar-refractivity contribution < 1.29 is 19.4 Å². The predicted molar refractivity (Wildman–Crippen MR) is 75.6 cm³/mol. The molecule has 2 fully saturated rings. The van der Waals surface area contributed by atoms with Crippen LogP contribution < -0.4 is 0 Å². The van der Waals surface area contributed by atoms with E-state index in [1.165, 1.54) is 0 Å². The third kappa shape index (κ3) is 2.86. The van der Waals surface area contributed by atoms with E-state index in [0.717, 1.165) is 18.4 Å². The van der Waals surface area contributed by atoms with E-state index in [-0.39, 0.29) is 30.7 Å². The van der Waals surface area contributed by atoms with Crippen molar-refractivity contribution in [3.8, 4) is 0 Å². The summed E-state index contributed by atoms with van der Waals surface area (Å²) in [5, 5.41) is 9.14. The Kier molecular flexibility index (Phi) is 3.82. The Morgan fingerprint density at radius 2 is 1.76 bits per heavy atom. The second-order valence-corrected chi connectivity index (χ2v) is 5.84. The van der Waals surface area contributed by atoms with Gasteiger partial charge in [-0.2, -0.15) is 0 Å².